The lowest BCUT2D eigenvalue weighted by Gasteiger charge is -2.08. The summed E-state index contributed by atoms with van der Waals surface area (Å²) in [6.07, 6.45) is 1.68. The van der Waals surface area contributed by atoms with E-state index in [1.54, 1.807) is 18.3 Å². The molecule has 1 aromatic heterocycles. The summed E-state index contributed by atoms with van der Waals surface area (Å²) >= 11 is 3.35. The number of aromatic nitrogens is 2. The van der Waals surface area contributed by atoms with Gasteiger partial charge >= 0.3 is 0 Å². The third kappa shape index (κ3) is 3.47. The number of hydrogen-bond donors (Lipinski definition) is 1. The Labute approximate surface area is 118 Å². The molecule has 2 rings (SSSR count). The number of anilines is 1. The first-order valence-electron chi connectivity index (χ1n) is 5.52. The molecule has 0 aliphatic rings. The maximum atomic E-state index is 10.7. The first kappa shape index (κ1) is 13.4. The van der Waals surface area contributed by atoms with Crippen LogP contribution in [0.5, 0.6) is 0 Å². The lowest BCUT2D eigenvalue weighted by atomic mass is 10.2. The van der Waals surface area contributed by atoms with E-state index >= 15 is 0 Å². The predicted octanol–water partition coefficient (Wildman–Crippen LogP) is 3.07. The van der Waals surface area contributed by atoms with Crippen molar-refractivity contribution < 1.29 is 4.92 Å². The molecule has 0 atom stereocenters. The molecule has 0 saturated carbocycles. The van der Waals surface area contributed by atoms with Gasteiger partial charge in [-0.3, -0.25) is 10.1 Å². The molecule has 0 bridgehead atoms. The number of aryl methyl sites for hydroxylation is 1. The van der Waals surface area contributed by atoms with Crippen LogP contribution in [0.15, 0.2) is 34.9 Å². The molecule has 0 unspecified atom stereocenters. The van der Waals surface area contributed by atoms with Gasteiger partial charge in [-0.05, 0) is 35.0 Å². The Morgan fingerprint density at radius 1 is 1.42 bits per heavy atom. The zero-order valence-electron chi connectivity index (χ0n) is 10.1. The Bertz CT molecular complexity index is 618. The molecule has 19 heavy (non-hydrogen) atoms. The van der Waals surface area contributed by atoms with Crippen LogP contribution < -0.4 is 5.32 Å². The van der Waals surface area contributed by atoms with E-state index in [2.05, 4.69) is 31.2 Å². The number of nitrogens with zero attached hydrogens (tertiary/aromatic N) is 3. The zero-order valence-corrected chi connectivity index (χ0v) is 11.7. The molecule has 0 radical (unpaired) electrons. The molecular weight excluding hydrogens is 312 g/mol. The molecule has 2 aromatic rings. The van der Waals surface area contributed by atoms with Crippen molar-refractivity contribution in [3.8, 4) is 0 Å². The average molecular weight is 323 g/mol. The normalized spacial score (nSPS) is 10.2. The highest BCUT2D eigenvalue weighted by Gasteiger charge is 2.09. The lowest BCUT2D eigenvalue weighted by molar-refractivity contribution is -0.384. The largest absolute Gasteiger partial charge is 0.378 e. The van der Waals surface area contributed by atoms with Crippen molar-refractivity contribution in [2.75, 3.05) is 5.32 Å². The van der Waals surface area contributed by atoms with Crippen molar-refractivity contribution in [2.24, 2.45) is 0 Å². The number of halogens is 1. The Morgan fingerprint density at radius 2 is 2.21 bits per heavy atom. The first-order valence-corrected chi connectivity index (χ1v) is 6.32. The van der Waals surface area contributed by atoms with Crippen LogP contribution in [0.2, 0.25) is 0 Å². The number of benzene rings is 1. The molecule has 0 aliphatic heterocycles. The molecule has 98 valence electrons. The number of nitro groups is 1. The number of rotatable bonds is 4. The van der Waals surface area contributed by atoms with E-state index < -0.39 is 4.92 Å². The fourth-order valence-corrected chi connectivity index (χ4v) is 1.94. The van der Waals surface area contributed by atoms with E-state index in [-0.39, 0.29) is 5.69 Å². The minimum absolute atomic E-state index is 0.0459. The summed E-state index contributed by atoms with van der Waals surface area (Å²) in [5.74, 6) is 0.692. The van der Waals surface area contributed by atoms with E-state index in [1.165, 1.54) is 12.1 Å². The topological polar surface area (TPSA) is 81.0 Å². The summed E-state index contributed by atoms with van der Waals surface area (Å²) in [7, 11) is 0. The molecule has 0 spiro atoms. The van der Waals surface area contributed by atoms with Crippen LogP contribution in [0.4, 0.5) is 11.4 Å². The van der Waals surface area contributed by atoms with Gasteiger partial charge in [0.05, 0.1) is 22.8 Å². The van der Waals surface area contributed by atoms with Gasteiger partial charge in [-0.15, -0.1) is 0 Å². The highest BCUT2D eigenvalue weighted by Crippen LogP contribution is 2.27. The van der Waals surface area contributed by atoms with Gasteiger partial charge in [0, 0.05) is 22.8 Å². The molecule has 1 aromatic carbocycles. The first-order chi connectivity index (χ1) is 9.06. The maximum absolute atomic E-state index is 10.7. The third-order valence-corrected chi connectivity index (χ3v) is 3.15. The van der Waals surface area contributed by atoms with Gasteiger partial charge in [0.25, 0.3) is 5.69 Å². The monoisotopic (exact) mass is 322 g/mol. The van der Waals surface area contributed by atoms with E-state index in [9.17, 15) is 10.1 Å². The summed E-state index contributed by atoms with van der Waals surface area (Å²) < 4.78 is 0.767. The highest BCUT2D eigenvalue weighted by atomic mass is 79.9. The number of nitro benzene ring substituents is 1. The van der Waals surface area contributed by atoms with Gasteiger partial charge in [-0.1, -0.05) is 0 Å². The van der Waals surface area contributed by atoms with Crippen molar-refractivity contribution in [1.82, 2.24) is 9.97 Å². The van der Waals surface area contributed by atoms with Crippen LogP contribution in [0, 0.1) is 17.0 Å². The van der Waals surface area contributed by atoms with Gasteiger partial charge in [-0.2, -0.15) is 0 Å². The van der Waals surface area contributed by atoms with Gasteiger partial charge in [0.1, 0.15) is 5.82 Å². The van der Waals surface area contributed by atoms with Gasteiger partial charge < -0.3 is 5.32 Å². The molecule has 6 nitrogen and oxygen atoms in total. The second kappa shape index (κ2) is 5.75. The smallest absolute Gasteiger partial charge is 0.271 e. The molecule has 1 heterocycles. The van der Waals surface area contributed by atoms with E-state index in [0.29, 0.717) is 18.1 Å². The van der Waals surface area contributed by atoms with Crippen molar-refractivity contribution in [3.05, 3.63) is 56.6 Å². The van der Waals surface area contributed by atoms with E-state index in [1.807, 2.05) is 6.92 Å². The second-order valence-corrected chi connectivity index (χ2v) is 4.72. The van der Waals surface area contributed by atoms with Crippen molar-refractivity contribution in [3.63, 3.8) is 0 Å². The Balaban J connectivity index is 2.15. The molecule has 0 saturated heterocycles. The minimum atomic E-state index is -0.424. The molecular formula is C12H11BrN4O2. The van der Waals surface area contributed by atoms with Crippen LogP contribution in [0.25, 0.3) is 0 Å². The summed E-state index contributed by atoms with van der Waals surface area (Å²) in [5, 5.41) is 13.8. The minimum Gasteiger partial charge on any atom is -0.378 e. The predicted molar refractivity (Wildman–Crippen MR) is 74.9 cm³/mol. The number of hydrogen-bond acceptors (Lipinski definition) is 5. The van der Waals surface area contributed by atoms with Gasteiger partial charge in [-0.25, -0.2) is 9.97 Å². The Kier molecular flexibility index (Phi) is 4.06. The molecule has 1 N–H and O–H groups in total. The third-order valence-electron chi connectivity index (χ3n) is 2.45. The molecule has 0 aliphatic carbocycles. The van der Waals surface area contributed by atoms with Crippen molar-refractivity contribution >= 4 is 27.3 Å². The summed E-state index contributed by atoms with van der Waals surface area (Å²) in [6.45, 7) is 2.29. The maximum Gasteiger partial charge on any atom is 0.271 e. The standard InChI is InChI=1S/C12H11BrN4O2/c1-8-14-5-4-9(16-8)7-15-12-6-10(17(18)19)2-3-11(12)13/h2-6,15H,7H2,1H3. The molecule has 0 amide bonds. The van der Waals surface area contributed by atoms with Crippen LogP contribution in [0.3, 0.4) is 0 Å². The van der Waals surface area contributed by atoms with E-state index in [4.69, 9.17) is 0 Å². The SMILES string of the molecule is Cc1nccc(CNc2cc([N+](=O)[O-])ccc2Br)n1. The molecule has 7 heteroatoms. The van der Waals surface area contributed by atoms with Crippen LogP contribution in [-0.2, 0) is 6.54 Å². The summed E-state index contributed by atoms with van der Waals surface area (Å²) in [5.41, 5.74) is 1.53. The van der Waals surface area contributed by atoms with E-state index in [0.717, 1.165) is 10.2 Å². The highest BCUT2D eigenvalue weighted by molar-refractivity contribution is 9.10. The van der Waals surface area contributed by atoms with Crippen LogP contribution in [0.1, 0.15) is 11.5 Å². The Morgan fingerprint density at radius 3 is 2.89 bits per heavy atom. The van der Waals surface area contributed by atoms with Gasteiger partial charge in [0.2, 0.25) is 0 Å². The number of non-ortho nitro benzene ring substituents is 1. The second-order valence-electron chi connectivity index (χ2n) is 3.87. The Hall–Kier alpha value is -2.02. The quantitative estimate of drug-likeness (QED) is 0.691. The summed E-state index contributed by atoms with van der Waals surface area (Å²) in [4.78, 5) is 18.6. The zero-order chi connectivity index (χ0) is 13.8. The lowest BCUT2D eigenvalue weighted by Crippen LogP contribution is -2.04. The summed E-state index contributed by atoms with van der Waals surface area (Å²) in [6, 6.07) is 6.37. The fourth-order valence-electron chi connectivity index (χ4n) is 1.55. The number of nitrogens with one attached hydrogen (secondary N) is 1. The average Bonchev–Trinajstić information content (AvgIpc) is 2.37. The fraction of sp³-hybridized carbons (Fsp3) is 0.167. The van der Waals surface area contributed by atoms with Crippen LogP contribution in [-0.4, -0.2) is 14.9 Å². The van der Waals surface area contributed by atoms with Crippen LogP contribution >= 0.6 is 15.9 Å². The van der Waals surface area contributed by atoms with Crippen molar-refractivity contribution in [2.45, 2.75) is 13.5 Å². The van der Waals surface area contributed by atoms with Gasteiger partial charge in [0.15, 0.2) is 0 Å². The molecule has 0 fully saturated rings. The van der Waals surface area contributed by atoms with Crippen molar-refractivity contribution in [1.29, 1.82) is 0 Å².